The summed E-state index contributed by atoms with van der Waals surface area (Å²) in [5.74, 6) is 1.10. The van der Waals surface area contributed by atoms with Crippen molar-refractivity contribution in [2.75, 3.05) is 6.54 Å². The van der Waals surface area contributed by atoms with E-state index in [4.69, 9.17) is 0 Å². The number of carbonyl (C=O) groups excluding carboxylic acids is 1. The first-order valence-corrected chi connectivity index (χ1v) is 11.5. The molecule has 0 aromatic heterocycles. The molecule has 0 aliphatic heterocycles. The highest BCUT2D eigenvalue weighted by atomic mass is 16.2. The first-order valence-electron chi connectivity index (χ1n) is 11.5. The van der Waals surface area contributed by atoms with Crippen LogP contribution in [0.15, 0.2) is 30.3 Å². The fourth-order valence-electron chi connectivity index (χ4n) is 6.70. The number of carbonyl (C=O) groups is 1. The van der Waals surface area contributed by atoms with Gasteiger partial charge in [0.2, 0.25) is 5.91 Å². The number of rotatable bonds is 6. The van der Waals surface area contributed by atoms with Crippen LogP contribution < -0.4 is 5.32 Å². The van der Waals surface area contributed by atoms with Gasteiger partial charge in [-0.3, -0.25) is 4.79 Å². The van der Waals surface area contributed by atoms with Gasteiger partial charge in [0.15, 0.2) is 0 Å². The molecule has 3 aliphatic rings. The van der Waals surface area contributed by atoms with E-state index >= 15 is 0 Å². The van der Waals surface area contributed by atoms with Crippen LogP contribution in [0.3, 0.4) is 0 Å². The topological polar surface area (TPSA) is 32.3 Å². The molecule has 3 atom stereocenters. The molecule has 28 heavy (non-hydrogen) atoms. The van der Waals surface area contributed by atoms with Crippen molar-refractivity contribution in [2.24, 2.45) is 16.7 Å². The van der Waals surface area contributed by atoms with Gasteiger partial charge >= 0.3 is 0 Å². The van der Waals surface area contributed by atoms with E-state index < -0.39 is 0 Å². The third-order valence-electron chi connectivity index (χ3n) is 8.26. The Bertz CT molecular complexity index is 674. The van der Waals surface area contributed by atoms with Gasteiger partial charge in [0.25, 0.3) is 0 Å². The SMILES string of the molecule is CC12CCC(C1)C(C)(C)C2NCC(=O)N(Cc1ccccc1)C1CCCCC1. The van der Waals surface area contributed by atoms with Crippen LogP contribution >= 0.6 is 0 Å². The minimum absolute atomic E-state index is 0.290. The summed E-state index contributed by atoms with van der Waals surface area (Å²) in [5.41, 5.74) is 1.90. The Kier molecular flexibility index (Phi) is 5.57. The fraction of sp³-hybridized carbons (Fsp3) is 0.720. The van der Waals surface area contributed by atoms with E-state index in [-0.39, 0.29) is 5.91 Å². The summed E-state index contributed by atoms with van der Waals surface area (Å²) in [7, 11) is 0. The van der Waals surface area contributed by atoms with Crippen LogP contribution in [0.4, 0.5) is 0 Å². The molecule has 3 unspecified atom stereocenters. The van der Waals surface area contributed by atoms with E-state index in [1.807, 2.05) is 0 Å². The largest absolute Gasteiger partial charge is 0.334 e. The lowest BCUT2D eigenvalue weighted by Gasteiger charge is -2.44. The lowest BCUT2D eigenvalue weighted by Crippen LogP contribution is -2.54. The monoisotopic (exact) mass is 382 g/mol. The van der Waals surface area contributed by atoms with E-state index in [1.54, 1.807) is 0 Å². The fourth-order valence-corrected chi connectivity index (χ4v) is 6.70. The predicted molar refractivity (Wildman–Crippen MR) is 115 cm³/mol. The summed E-state index contributed by atoms with van der Waals surface area (Å²) in [6, 6.07) is 11.4. The van der Waals surface area contributed by atoms with Crippen molar-refractivity contribution in [3.8, 4) is 0 Å². The molecule has 0 heterocycles. The van der Waals surface area contributed by atoms with E-state index in [0.29, 0.717) is 29.5 Å². The number of hydrogen-bond donors (Lipinski definition) is 1. The summed E-state index contributed by atoms with van der Waals surface area (Å²) in [6.07, 6.45) is 10.1. The van der Waals surface area contributed by atoms with Crippen molar-refractivity contribution in [1.82, 2.24) is 10.2 Å². The van der Waals surface area contributed by atoms with Crippen LogP contribution in [0, 0.1) is 16.7 Å². The molecule has 1 amide bonds. The maximum Gasteiger partial charge on any atom is 0.237 e. The van der Waals surface area contributed by atoms with Crippen molar-refractivity contribution in [3.63, 3.8) is 0 Å². The number of fused-ring (bicyclic) bond motifs is 2. The highest BCUT2D eigenvalue weighted by Crippen LogP contribution is 2.62. The molecular formula is C25H38N2O. The molecule has 4 rings (SSSR count). The molecule has 3 nitrogen and oxygen atoms in total. The minimum Gasteiger partial charge on any atom is -0.334 e. The zero-order valence-electron chi connectivity index (χ0n) is 18.0. The van der Waals surface area contributed by atoms with Crippen molar-refractivity contribution in [2.45, 2.75) is 90.8 Å². The summed E-state index contributed by atoms with van der Waals surface area (Å²) in [4.78, 5) is 15.6. The third-order valence-corrected chi connectivity index (χ3v) is 8.26. The van der Waals surface area contributed by atoms with Gasteiger partial charge in [0, 0.05) is 18.6 Å². The van der Waals surface area contributed by atoms with Gasteiger partial charge in [0.05, 0.1) is 6.54 Å². The average molecular weight is 383 g/mol. The van der Waals surface area contributed by atoms with Gasteiger partial charge in [-0.25, -0.2) is 0 Å². The summed E-state index contributed by atoms with van der Waals surface area (Å²) in [5, 5.41) is 3.76. The maximum absolute atomic E-state index is 13.4. The highest BCUT2D eigenvalue weighted by molar-refractivity contribution is 5.78. The number of nitrogens with one attached hydrogen (secondary N) is 1. The molecule has 3 saturated carbocycles. The average Bonchev–Trinajstić information content (AvgIpc) is 3.18. The second-order valence-electron chi connectivity index (χ2n) is 10.5. The molecule has 0 radical (unpaired) electrons. The molecule has 1 N–H and O–H groups in total. The van der Waals surface area contributed by atoms with E-state index in [9.17, 15) is 4.79 Å². The summed E-state index contributed by atoms with van der Waals surface area (Å²) in [6.45, 7) is 8.49. The van der Waals surface area contributed by atoms with Gasteiger partial charge in [-0.15, -0.1) is 0 Å². The molecular weight excluding hydrogens is 344 g/mol. The quantitative estimate of drug-likeness (QED) is 0.738. The standard InChI is InChI=1S/C25H38N2O/c1-24(2)20-14-15-25(3,16-20)23(24)26-17-22(28)27(21-12-8-5-9-13-21)18-19-10-6-4-7-11-19/h4,6-7,10-11,20-21,23,26H,5,8-9,12-18H2,1-3H3. The van der Waals surface area contributed by atoms with Crippen LogP contribution in [0.5, 0.6) is 0 Å². The van der Waals surface area contributed by atoms with E-state index in [2.05, 4.69) is 61.3 Å². The second-order valence-corrected chi connectivity index (χ2v) is 10.5. The minimum atomic E-state index is 0.290. The van der Waals surface area contributed by atoms with Gasteiger partial charge in [-0.1, -0.05) is 70.4 Å². The zero-order chi connectivity index (χ0) is 19.8. The maximum atomic E-state index is 13.4. The molecule has 3 fully saturated rings. The molecule has 3 aliphatic carbocycles. The van der Waals surface area contributed by atoms with Crippen molar-refractivity contribution in [3.05, 3.63) is 35.9 Å². The molecule has 0 spiro atoms. The molecule has 1 aromatic carbocycles. The molecule has 2 bridgehead atoms. The Labute approximate surface area is 171 Å². The van der Waals surface area contributed by atoms with Crippen LogP contribution in [-0.4, -0.2) is 29.4 Å². The Balaban J connectivity index is 1.45. The number of benzene rings is 1. The molecule has 1 aromatic rings. The summed E-state index contributed by atoms with van der Waals surface area (Å²) >= 11 is 0. The summed E-state index contributed by atoms with van der Waals surface area (Å²) < 4.78 is 0. The molecule has 0 saturated heterocycles. The van der Waals surface area contributed by atoms with Gasteiger partial charge in [-0.2, -0.15) is 0 Å². The lowest BCUT2D eigenvalue weighted by molar-refractivity contribution is -0.134. The molecule has 154 valence electrons. The Morgan fingerprint density at radius 1 is 1.07 bits per heavy atom. The third kappa shape index (κ3) is 3.75. The smallest absolute Gasteiger partial charge is 0.237 e. The van der Waals surface area contributed by atoms with Crippen molar-refractivity contribution < 1.29 is 4.79 Å². The number of nitrogens with zero attached hydrogens (tertiary/aromatic N) is 1. The van der Waals surface area contributed by atoms with E-state index in [0.717, 1.165) is 25.3 Å². The number of amides is 1. The first-order chi connectivity index (χ1) is 13.4. The lowest BCUT2D eigenvalue weighted by atomic mass is 9.68. The van der Waals surface area contributed by atoms with Gasteiger partial charge < -0.3 is 10.2 Å². The van der Waals surface area contributed by atoms with Gasteiger partial charge in [-0.05, 0) is 54.4 Å². The van der Waals surface area contributed by atoms with E-state index in [1.165, 1.54) is 44.1 Å². The van der Waals surface area contributed by atoms with Crippen LogP contribution in [0.1, 0.15) is 77.7 Å². The highest BCUT2D eigenvalue weighted by Gasteiger charge is 2.59. The number of hydrogen-bond acceptors (Lipinski definition) is 2. The van der Waals surface area contributed by atoms with Crippen LogP contribution in [0.25, 0.3) is 0 Å². The van der Waals surface area contributed by atoms with Crippen LogP contribution in [-0.2, 0) is 11.3 Å². The normalized spacial score (nSPS) is 31.8. The Morgan fingerprint density at radius 3 is 2.43 bits per heavy atom. The zero-order valence-corrected chi connectivity index (χ0v) is 18.0. The van der Waals surface area contributed by atoms with Crippen molar-refractivity contribution in [1.29, 1.82) is 0 Å². The molecule has 3 heteroatoms. The first kappa shape index (κ1) is 19.9. The Hall–Kier alpha value is -1.35. The second kappa shape index (κ2) is 7.82. The van der Waals surface area contributed by atoms with Crippen molar-refractivity contribution >= 4 is 5.91 Å². The van der Waals surface area contributed by atoms with Crippen LogP contribution in [0.2, 0.25) is 0 Å². The predicted octanol–water partition coefficient (Wildman–Crippen LogP) is 5.15. The van der Waals surface area contributed by atoms with Gasteiger partial charge in [0.1, 0.15) is 0 Å². The Morgan fingerprint density at radius 2 is 1.79 bits per heavy atom.